The fourth-order valence-corrected chi connectivity index (χ4v) is 12.5. The highest BCUT2D eigenvalue weighted by Gasteiger charge is 2.45. The van der Waals surface area contributed by atoms with Crippen LogP contribution < -0.4 is 16.0 Å². The minimum Gasteiger partial charge on any atom is -0.484 e. The first-order valence-corrected chi connectivity index (χ1v) is 16.9. The van der Waals surface area contributed by atoms with Gasteiger partial charge in [-0.25, -0.2) is 0 Å². The van der Waals surface area contributed by atoms with Gasteiger partial charge in [0.05, 0.1) is 6.20 Å². The molecule has 1 aliphatic heterocycles. The lowest BCUT2D eigenvalue weighted by atomic mass is 9.86. The molecule has 2 unspecified atom stereocenters. The van der Waals surface area contributed by atoms with E-state index in [1.165, 1.54) is 0 Å². The van der Waals surface area contributed by atoms with Crippen molar-refractivity contribution in [2.24, 2.45) is 11.7 Å². The predicted molar refractivity (Wildman–Crippen MR) is 161 cm³/mol. The van der Waals surface area contributed by atoms with Crippen LogP contribution in [0.2, 0.25) is 16.6 Å². The number of nitrogens with one attached hydrogen (secondary N) is 2. The summed E-state index contributed by atoms with van der Waals surface area (Å²) in [6.45, 7) is 16.5. The van der Waals surface area contributed by atoms with Gasteiger partial charge in [-0.2, -0.15) is 0 Å². The Morgan fingerprint density at radius 1 is 0.923 bits per heavy atom. The summed E-state index contributed by atoms with van der Waals surface area (Å²) >= 11 is 0. The Kier molecular flexibility index (Phi) is 9.39. The Labute approximate surface area is 235 Å². The summed E-state index contributed by atoms with van der Waals surface area (Å²) < 4.78 is 14.9. The molecule has 8 heteroatoms. The number of benzene rings is 1. The summed E-state index contributed by atoms with van der Waals surface area (Å²) in [5, 5.41) is 17.4. The van der Waals surface area contributed by atoms with Crippen LogP contribution in [0.15, 0.2) is 42.6 Å². The van der Waals surface area contributed by atoms with Crippen LogP contribution in [-0.4, -0.2) is 43.4 Å². The number of nitrogens with two attached hydrogens (primary N) is 1. The molecular formula is C31H49N5O2Si. The molecule has 0 radical (unpaired) electrons. The molecule has 1 saturated heterocycles. The Bertz CT molecular complexity index is 1160. The van der Waals surface area contributed by atoms with E-state index in [-0.39, 0.29) is 17.6 Å². The van der Waals surface area contributed by atoms with Crippen LogP contribution >= 0.6 is 0 Å². The lowest BCUT2D eigenvalue weighted by Crippen LogP contribution is -2.50. The molecule has 4 N–H and O–H groups in total. The zero-order valence-electron chi connectivity index (χ0n) is 24.7. The normalized spacial score (nSPS) is 20.5. The number of hydrogen-bond donors (Lipinski definition) is 3. The van der Waals surface area contributed by atoms with Gasteiger partial charge in [-0.3, -0.25) is 15.4 Å². The van der Waals surface area contributed by atoms with Crippen molar-refractivity contribution in [3.8, 4) is 5.75 Å². The van der Waals surface area contributed by atoms with Gasteiger partial charge in [0, 0.05) is 25.7 Å². The molecule has 2 heterocycles. The quantitative estimate of drug-likeness (QED) is 0.196. The van der Waals surface area contributed by atoms with Crippen LogP contribution in [0.1, 0.15) is 90.5 Å². The summed E-state index contributed by atoms with van der Waals surface area (Å²) in [5.74, 6) is 1.53. The summed E-state index contributed by atoms with van der Waals surface area (Å²) in [6.07, 6.45) is 5.46. The van der Waals surface area contributed by atoms with Crippen molar-refractivity contribution in [1.29, 1.82) is 10.8 Å². The van der Waals surface area contributed by atoms with E-state index in [1.54, 1.807) is 16.8 Å². The summed E-state index contributed by atoms with van der Waals surface area (Å²) in [5.41, 5.74) is 10.7. The number of likely N-dealkylation sites (tertiary alicyclic amines) is 1. The third-order valence-electron chi connectivity index (χ3n) is 9.10. The van der Waals surface area contributed by atoms with Crippen molar-refractivity contribution in [1.82, 2.24) is 9.47 Å². The van der Waals surface area contributed by atoms with Crippen LogP contribution in [-0.2, 0) is 4.43 Å². The van der Waals surface area contributed by atoms with Crippen LogP contribution in [0, 0.1) is 16.7 Å². The lowest BCUT2D eigenvalue weighted by molar-refractivity contribution is 0.163. The third-order valence-corrected chi connectivity index (χ3v) is 15.2. The van der Waals surface area contributed by atoms with E-state index in [2.05, 4.69) is 58.6 Å². The number of pyridine rings is 1. The van der Waals surface area contributed by atoms with Gasteiger partial charge in [-0.15, -0.1) is 0 Å². The standard InChI is InChI=1S/C31H49N5O2Si/c1-21(2)39(22(3)4,23(5)6)37-20-24-15-17-35(18-16-24)31(34)36-19-25(11-14-30(36)33)38-29-13-12-28(32)26-9-7-8-10-27(26)29/h7-11,14,19,21-24,28-29,33-34H,12-13,15-18,20,32H2,1-6H3. The van der Waals surface area contributed by atoms with E-state index in [1.807, 2.05) is 18.2 Å². The van der Waals surface area contributed by atoms with Crippen LogP contribution in [0.4, 0.5) is 0 Å². The van der Waals surface area contributed by atoms with Crippen LogP contribution in [0.3, 0.4) is 0 Å². The van der Waals surface area contributed by atoms with Crippen LogP contribution in [0.25, 0.3) is 0 Å². The van der Waals surface area contributed by atoms with E-state index in [0.717, 1.165) is 56.5 Å². The van der Waals surface area contributed by atoms with E-state index < -0.39 is 8.32 Å². The highest BCUT2D eigenvalue weighted by Crippen LogP contribution is 2.43. The highest BCUT2D eigenvalue weighted by atomic mass is 28.4. The fourth-order valence-electron chi connectivity index (χ4n) is 7.02. The maximum atomic E-state index is 8.93. The lowest BCUT2D eigenvalue weighted by Gasteiger charge is -2.44. The monoisotopic (exact) mass is 551 g/mol. The van der Waals surface area contributed by atoms with Gasteiger partial charge in [0.15, 0.2) is 8.32 Å². The summed E-state index contributed by atoms with van der Waals surface area (Å²) in [6, 6.07) is 11.8. The molecule has 1 aromatic heterocycles. The largest absolute Gasteiger partial charge is 0.484 e. The number of aromatic nitrogens is 1. The van der Waals surface area contributed by atoms with Gasteiger partial charge in [0.2, 0.25) is 5.96 Å². The first-order valence-electron chi connectivity index (χ1n) is 14.8. The number of fused-ring (bicyclic) bond motifs is 1. The number of ether oxygens (including phenoxy) is 1. The molecule has 2 atom stereocenters. The van der Waals surface area contributed by atoms with E-state index >= 15 is 0 Å². The zero-order chi connectivity index (χ0) is 28.3. The molecule has 0 amide bonds. The van der Waals surface area contributed by atoms with Gasteiger partial charge in [-0.1, -0.05) is 65.8 Å². The number of hydrogen-bond acceptors (Lipinski definition) is 5. The van der Waals surface area contributed by atoms with Gasteiger partial charge in [0.25, 0.3) is 0 Å². The number of piperidine rings is 1. The highest BCUT2D eigenvalue weighted by molar-refractivity contribution is 6.77. The predicted octanol–water partition coefficient (Wildman–Crippen LogP) is 6.57. The first-order chi connectivity index (χ1) is 18.5. The zero-order valence-corrected chi connectivity index (χ0v) is 25.7. The van der Waals surface area contributed by atoms with Gasteiger partial charge < -0.3 is 19.8 Å². The second kappa shape index (κ2) is 12.4. The van der Waals surface area contributed by atoms with E-state index in [0.29, 0.717) is 34.3 Å². The van der Waals surface area contributed by atoms with Crippen molar-refractivity contribution < 1.29 is 9.16 Å². The topological polar surface area (TPSA) is 100 Å². The molecule has 2 aliphatic rings. The molecule has 7 nitrogen and oxygen atoms in total. The average Bonchev–Trinajstić information content (AvgIpc) is 2.91. The molecule has 2 aromatic rings. The molecule has 39 heavy (non-hydrogen) atoms. The smallest absolute Gasteiger partial charge is 0.203 e. The maximum Gasteiger partial charge on any atom is 0.203 e. The molecule has 1 aromatic carbocycles. The second-order valence-corrected chi connectivity index (χ2v) is 17.9. The first kappa shape index (κ1) is 29.6. The Hall–Kier alpha value is -2.42. The molecule has 0 spiro atoms. The van der Waals surface area contributed by atoms with Gasteiger partial charge in [-0.05, 0) is 71.5 Å². The van der Waals surface area contributed by atoms with Crippen molar-refractivity contribution >= 4 is 14.3 Å². The van der Waals surface area contributed by atoms with E-state index in [4.69, 9.17) is 25.7 Å². The van der Waals surface area contributed by atoms with Crippen molar-refractivity contribution in [3.63, 3.8) is 0 Å². The van der Waals surface area contributed by atoms with Gasteiger partial charge in [0.1, 0.15) is 17.3 Å². The Morgan fingerprint density at radius 3 is 2.15 bits per heavy atom. The molecule has 1 aliphatic carbocycles. The summed E-state index contributed by atoms with van der Waals surface area (Å²) in [4.78, 5) is 2.09. The molecule has 4 rings (SSSR count). The molecular weight excluding hydrogens is 502 g/mol. The number of nitrogens with zero attached hydrogens (tertiary/aromatic N) is 2. The van der Waals surface area contributed by atoms with Gasteiger partial charge >= 0.3 is 0 Å². The SMILES string of the molecule is CC(C)[Si](OCC1CCN(C(=N)n2cc(OC3CCC(N)c4ccccc43)ccc2=N)CC1)(C(C)C)C(C)C. The Balaban J connectivity index is 1.39. The minimum atomic E-state index is -1.87. The molecule has 0 bridgehead atoms. The van der Waals surface area contributed by atoms with Crippen molar-refractivity contribution in [2.75, 3.05) is 19.7 Å². The Morgan fingerprint density at radius 2 is 1.54 bits per heavy atom. The maximum absolute atomic E-state index is 8.93. The summed E-state index contributed by atoms with van der Waals surface area (Å²) in [7, 11) is -1.87. The van der Waals surface area contributed by atoms with Crippen molar-refractivity contribution in [2.45, 2.75) is 96.0 Å². The molecule has 214 valence electrons. The second-order valence-electron chi connectivity index (χ2n) is 12.4. The van der Waals surface area contributed by atoms with Crippen LogP contribution in [0.5, 0.6) is 5.75 Å². The van der Waals surface area contributed by atoms with Crippen molar-refractivity contribution in [3.05, 3.63) is 59.2 Å². The number of rotatable bonds is 8. The minimum absolute atomic E-state index is 0.0444. The average molecular weight is 552 g/mol. The third kappa shape index (κ3) is 6.18. The fraction of sp³-hybridized carbons (Fsp3) is 0.613. The van der Waals surface area contributed by atoms with E-state index in [9.17, 15) is 0 Å². The molecule has 0 saturated carbocycles. The molecule has 1 fully saturated rings.